The highest BCUT2D eigenvalue weighted by molar-refractivity contribution is 14.1. The molecule has 90 valence electrons. The molecule has 0 bridgehead atoms. The van der Waals surface area contributed by atoms with Crippen LogP contribution in [0.5, 0.6) is 0 Å². The first-order valence-corrected chi connectivity index (χ1v) is 6.49. The van der Waals surface area contributed by atoms with Crippen molar-refractivity contribution in [1.29, 1.82) is 5.26 Å². The van der Waals surface area contributed by atoms with Crippen molar-refractivity contribution >= 4 is 40.1 Å². The molecule has 0 radical (unpaired) electrons. The van der Waals surface area contributed by atoms with Gasteiger partial charge in [0.2, 0.25) is 5.95 Å². The van der Waals surface area contributed by atoms with Gasteiger partial charge in [0.15, 0.2) is 0 Å². The van der Waals surface area contributed by atoms with Gasteiger partial charge in [-0.25, -0.2) is 9.97 Å². The van der Waals surface area contributed by atoms with Crippen LogP contribution in [0.25, 0.3) is 11.3 Å². The van der Waals surface area contributed by atoms with E-state index >= 15 is 0 Å². The quantitative estimate of drug-likeness (QED) is 0.618. The summed E-state index contributed by atoms with van der Waals surface area (Å²) in [7, 11) is 0. The summed E-state index contributed by atoms with van der Waals surface area (Å²) in [4.78, 5) is 8.10. The van der Waals surface area contributed by atoms with E-state index in [2.05, 4.69) is 38.6 Å². The Bertz CT molecular complexity index is 664. The minimum atomic E-state index is 0.122. The topological polar surface area (TPSA) is 75.6 Å². The highest BCUT2D eigenvalue weighted by Crippen LogP contribution is 2.31. The number of nitrogen functional groups attached to an aromatic ring is 1. The lowest BCUT2D eigenvalue weighted by atomic mass is 10.0. The zero-order valence-corrected chi connectivity index (χ0v) is 12.3. The predicted molar refractivity (Wildman–Crippen MR) is 79.1 cm³/mol. The van der Waals surface area contributed by atoms with Crippen LogP contribution >= 0.6 is 34.2 Å². The third-order valence-electron chi connectivity index (χ3n) is 2.54. The van der Waals surface area contributed by atoms with Crippen molar-refractivity contribution in [3.05, 3.63) is 38.0 Å². The molecular weight excluding hydrogens is 363 g/mol. The summed E-state index contributed by atoms with van der Waals surface area (Å²) in [5, 5.41) is 9.35. The minimum absolute atomic E-state index is 0.122. The van der Waals surface area contributed by atoms with Crippen molar-refractivity contribution < 1.29 is 0 Å². The maximum absolute atomic E-state index is 9.03. The van der Waals surface area contributed by atoms with Crippen molar-refractivity contribution in [3.8, 4) is 17.3 Å². The first kappa shape index (κ1) is 13.1. The number of aromatic nitrogens is 2. The summed E-state index contributed by atoms with van der Waals surface area (Å²) in [6.07, 6.45) is 0. The summed E-state index contributed by atoms with van der Waals surface area (Å²) < 4.78 is 0.724. The van der Waals surface area contributed by atoms with Crippen LogP contribution in [0.3, 0.4) is 0 Å². The van der Waals surface area contributed by atoms with Crippen molar-refractivity contribution in [3.63, 3.8) is 0 Å². The summed E-state index contributed by atoms with van der Waals surface area (Å²) in [6, 6.07) is 7.60. The van der Waals surface area contributed by atoms with E-state index in [1.807, 2.05) is 19.1 Å². The second-order valence-corrected chi connectivity index (χ2v) is 5.06. The van der Waals surface area contributed by atoms with E-state index in [1.165, 1.54) is 0 Å². The Morgan fingerprint density at radius 1 is 1.39 bits per heavy atom. The Balaban J connectivity index is 2.74. The lowest BCUT2D eigenvalue weighted by Crippen LogP contribution is -2.01. The maximum atomic E-state index is 9.03. The Hall–Kier alpha value is -1.39. The van der Waals surface area contributed by atoms with Gasteiger partial charge in [0.1, 0.15) is 5.15 Å². The lowest BCUT2D eigenvalue weighted by Gasteiger charge is -2.09. The molecule has 0 unspecified atom stereocenters. The largest absolute Gasteiger partial charge is 0.368 e. The predicted octanol–water partition coefficient (Wildman–Crippen LogP) is 3.16. The number of halogens is 2. The molecule has 0 spiro atoms. The van der Waals surface area contributed by atoms with E-state index in [4.69, 9.17) is 22.6 Å². The van der Waals surface area contributed by atoms with Gasteiger partial charge in [-0.2, -0.15) is 5.26 Å². The number of anilines is 1. The highest BCUT2D eigenvalue weighted by atomic mass is 127. The number of nitriles is 1. The van der Waals surface area contributed by atoms with Crippen molar-refractivity contribution in [1.82, 2.24) is 9.97 Å². The smallest absolute Gasteiger partial charge is 0.222 e. The van der Waals surface area contributed by atoms with Gasteiger partial charge in [0.25, 0.3) is 0 Å². The van der Waals surface area contributed by atoms with E-state index in [9.17, 15) is 0 Å². The lowest BCUT2D eigenvalue weighted by molar-refractivity contribution is 1.17. The number of nitrogens with two attached hydrogens (primary N) is 1. The molecule has 1 heterocycles. The SMILES string of the molecule is Cc1c(C#N)cccc1-c1nc(N)nc(Cl)c1I. The zero-order valence-electron chi connectivity index (χ0n) is 9.41. The average Bonchev–Trinajstić information content (AvgIpc) is 2.34. The highest BCUT2D eigenvalue weighted by Gasteiger charge is 2.14. The molecule has 1 aromatic carbocycles. The molecule has 0 fully saturated rings. The third-order valence-corrected chi connectivity index (χ3v) is 4.15. The molecule has 0 atom stereocenters. The summed E-state index contributed by atoms with van der Waals surface area (Å²) in [5.41, 5.74) is 8.57. The van der Waals surface area contributed by atoms with Gasteiger partial charge >= 0.3 is 0 Å². The number of rotatable bonds is 1. The zero-order chi connectivity index (χ0) is 13.3. The molecule has 2 N–H and O–H groups in total. The summed E-state index contributed by atoms with van der Waals surface area (Å²) in [5.74, 6) is 0.122. The van der Waals surface area contributed by atoms with E-state index in [0.29, 0.717) is 16.4 Å². The monoisotopic (exact) mass is 370 g/mol. The molecule has 18 heavy (non-hydrogen) atoms. The van der Waals surface area contributed by atoms with Crippen LogP contribution in [-0.2, 0) is 0 Å². The first-order valence-electron chi connectivity index (χ1n) is 5.03. The van der Waals surface area contributed by atoms with Crippen molar-refractivity contribution in [2.24, 2.45) is 0 Å². The van der Waals surface area contributed by atoms with Crippen LogP contribution in [-0.4, -0.2) is 9.97 Å². The Morgan fingerprint density at radius 3 is 2.78 bits per heavy atom. The second kappa shape index (κ2) is 5.08. The first-order chi connectivity index (χ1) is 8.54. The Morgan fingerprint density at radius 2 is 2.11 bits per heavy atom. The number of nitrogens with zero attached hydrogens (tertiary/aromatic N) is 3. The van der Waals surface area contributed by atoms with Crippen molar-refractivity contribution in [2.45, 2.75) is 6.92 Å². The van der Waals surface area contributed by atoms with Gasteiger partial charge in [0.05, 0.1) is 20.9 Å². The van der Waals surface area contributed by atoms with E-state index in [1.54, 1.807) is 6.07 Å². The molecule has 0 aliphatic rings. The van der Waals surface area contributed by atoms with Crippen LogP contribution in [0.4, 0.5) is 5.95 Å². The van der Waals surface area contributed by atoms with Crippen molar-refractivity contribution in [2.75, 3.05) is 5.73 Å². The Labute approximate surface area is 123 Å². The molecule has 2 aromatic rings. The number of hydrogen-bond acceptors (Lipinski definition) is 4. The molecule has 4 nitrogen and oxygen atoms in total. The van der Waals surface area contributed by atoms with Gasteiger partial charge in [0, 0.05) is 5.56 Å². The molecule has 0 amide bonds. The van der Waals surface area contributed by atoms with E-state index < -0.39 is 0 Å². The number of hydrogen-bond donors (Lipinski definition) is 1. The number of benzene rings is 1. The fourth-order valence-electron chi connectivity index (χ4n) is 1.63. The van der Waals surface area contributed by atoms with Crippen LogP contribution in [0, 0.1) is 21.8 Å². The van der Waals surface area contributed by atoms with Crippen LogP contribution in [0.15, 0.2) is 18.2 Å². The molecule has 0 saturated heterocycles. The minimum Gasteiger partial charge on any atom is -0.368 e. The fraction of sp³-hybridized carbons (Fsp3) is 0.0833. The Kier molecular flexibility index (Phi) is 3.68. The molecule has 6 heteroatoms. The molecule has 0 aliphatic carbocycles. The average molecular weight is 371 g/mol. The van der Waals surface area contributed by atoms with Crippen LogP contribution in [0.2, 0.25) is 5.15 Å². The standard InChI is InChI=1S/C12H8ClIN4/c1-6-7(5-15)3-2-4-8(6)10-9(14)11(13)18-12(16)17-10/h2-4H,1H3,(H2,16,17,18). The van der Waals surface area contributed by atoms with Gasteiger partial charge in [-0.15, -0.1) is 0 Å². The van der Waals surface area contributed by atoms with Crippen LogP contribution < -0.4 is 5.73 Å². The van der Waals surface area contributed by atoms with E-state index in [-0.39, 0.29) is 5.95 Å². The molecule has 2 rings (SSSR count). The summed E-state index contributed by atoms with van der Waals surface area (Å²) >= 11 is 8.06. The second-order valence-electron chi connectivity index (χ2n) is 3.63. The molecule has 1 aromatic heterocycles. The van der Waals surface area contributed by atoms with Gasteiger partial charge < -0.3 is 5.73 Å². The van der Waals surface area contributed by atoms with Gasteiger partial charge in [-0.3, -0.25) is 0 Å². The molecule has 0 aliphatic heterocycles. The maximum Gasteiger partial charge on any atom is 0.222 e. The van der Waals surface area contributed by atoms with Gasteiger partial charge in [-0.1, -0.05) is 23.7 Å². The normalized spacial score (nSPS) is 10.1. The van der Waals surface area contributed by atoms with Gasteiger partial charge in [-0.05, 0) is 41.1 Å². The fourth-order valence-corrected chi connectivity index (χ4v) is 2.34. The van der Waals surface area contributed by atoms with E-state index in [0.717, 1.165) is 14.7 Å². The molecular formula is C12H8ClIN4. The van der Waals surface area contributed by atoms with Crippen LogP contribution in [0.1, 0.15) is 11.1 Å². The molecule has 0 saturated carbocycles. The summed E-state index contributed by atoms with van der Waals surface area (Å²) in [6.45, 7) is 1.87. The third kappa shape index (κ3) is 2.26.